The van der Waals surface area contributed by atoms with Gasteiger partial charge in [0.15, 0.2) is 0 Å². The SMILES string of the molecule is Cc1nnc(CNc2cccc3c2CN(C2CCC(=O)NC2=O)C3=O)o1. The molecule has 4 rings (SSSR count). The fourth-order valence-corrected chi connectivity index (χ4v) is 3.33. The van der Waals surface area contributed by atoms with Crippen LogP contribution in [-0.2, 0) is 22.7 Å². The number of anilines is 1. The number of piperidine rings is 1. The van der Waals surface area contributed by atoms with Gasteiger partial charge in [0.25, 0.3) is 5.91 Å². The Hall–Kier alpha value is -3.23. The molecule has 3 heterocycles. The quantitative estimate of drug-likeness (QED) is 0.777. The number of nitrogens with one attached hydrogen (secondary N) is 2. The van der Waals surface area contributed by atoms with Crippen LogP contribution in [0, 0.1) is 6.92 Å². The molecule has 9 nitrogen and oxygen atoms in total. The molecule has 26 heavy (non-hydrogen) atoms. The Bertz CT molecular complexity index is 906. The second-order valence-electron chi connectivity index (χ2n) is 6.30. The largest absolute Gasteiger partial charge is 0.424 e. The molecule has 0 spiro atoms. The van der Waals surface area contributed by atoms with Gasteiger partial charge in [-0.1, -0.05) is 6.07 Å². The normalized spacial score (nSPS) is 19.5. The second-order valence-corrected chi connectivity index (χ2v) is 6.30. The van der Waals surface area contributed by atoms with E-state index in [2.05, 4.69) is 20.8 Å². The highest BCUT2D eigenvalue weighted by Crippen LogP contribution is 2.32. The lowest BCUT2D eigenvalue weighted by atomic mass is 10.0. The molecule has 0 aliphatic carbocycles. The highest BCUT2D eigenvalue weighted by Gasteiger charge is 2.39. The molecule has 1 saturated heterocycles. The van der Waals surface area contributed by atoms with Crippen molar-refractivity contribution in [2.45, 2.75) is 38.9 Å². The maximum absolute atomic E-state index is 12.7. The third-order valence-electron chi connectivity index (χ3n) is 4.58. The lowest BCUT2D eigenvalue weighted by Crippen LogP contribution is -2.52. The first-order valence-corrected chi connectivity index (χ1v) is 8.32. The summed E-state index contributed by atoms with van der Waals surface area (Å²) in [5.74, 6) is 0.0170. The molecular formula is C17H17N5O4. The van der Waals surface area contributed by atoms with Gasteiger partial charge in [-0.05, 0) is 18.6 Å². The average Bonchev–Trinajstić information content (AvgIpc) is 3.17. The Labute approximate surface area is 148 Å². The summed E-state index contributed by atoms with van der Waals surface area (Å²) in [5, 5.41) is 13.2. The zero-order chi connectivity index (χ0) is 18.3. The first kappa shape index (κ1) is 16.2. The van der Waals surface area contributed by atoms with E-state index in [-0.39, 0.29) is 18.2 Å². The number of nitrogens with zero attached hydrogens (tertiary/aromatic N) is 3. The van der Waals surface area contributed by atoms with Gasteiger partial charge in [0, 0.05) is 36.7 Å². The molecule has 9 heteroatoms. The third kappa shape index (κ3) is 2.81. The van der Waals surface area contributed by atoms with E-state index in [9.17, 15) is 14.4 Å². The third-order valence-corrected chi connectivity index (χ3v) is 4.58. The molecule has 0 saturated carbocycles. The van der Waals surface area contributed by atoms with Gasteiger partial charge >= 0.3 is 0 Å². The van der Waals surface area contributed by atoms with Crippen molar-refractivity contribution in [2.75, 3.05) is 5.32 Å². The van der Waals surface area contributed by atoms with Crippen molar-refractivity contribution in [2.24, 2.45) is 0 Å². The fourth-order valence-electron chi connectivity index (χ4n) is 3.33. The number of aromatic nitrogens is 2. The van der Waals surface area contributed by atoms with E-state index >= 15 is 0 Å². The van der Waals surface area contributed by atoms with Gasteiger partial charge < -0.3 is 14.6 Å². The van der Waals surface area contributed by atoms with Gasteiger partial charge in [0.2, 0.25) is 23.6 Å². The smallest absolute Gasteiger partial charge is 0.255 e. The summed E-state index contributed by atoms with van der Waals surface area (Å²) in [6, 6.07) is 4.76. The van der Waals surface area contributed by atoms with E-state index in [0.29, 0.717) is 36.9 Å². The first-order chi connectivity index (χ1) is 12.5. The molecule has 0 bridgehead atoms. The molecule has 1 aromatic heterocycles. The number of benzene rings is 1. The number of amides is 3. The van der Waals surface area contributed by atoms with Crippen LogP contribution in [0.1, 0.15) is 40.5 Å². The Morgan fingerprint density at radius 3 is 2.88 bits per heavy atom. The van der Waals surface area contributed by atoms with Crippen LogP contribution in [0.15, 0.2) is 22.6 Å². The molecule has 1 fully saturated rings. The summed E-state index contributed by atoms with van der Waals surface area (Å²) in [6.45, 7) is 2.36. The summed E-state index contributed by atoms with van der Waals surface area (Å²) in [6.07, 6.45) is 0.576. The molecule has 2 aliphatic heterocycles. The molecule has 1 aromatic carbocycles. The molecule has 1 atom stereocenters. The van der Waals surface area contributed by atoms with Crippen LogP contribution in [0.5, 0.6) is 0 Å². The van der Waals surface area contributed by atoms with E-state index in [1.807, 2.05) is 6.07 Å². The summed E-state index contributed by atoms with van der Waals surface area (Å²) < 4.78 is 5.34. The number of rotatable bonds is 4. The molecule has 1 unspecified atom stereocenters. The van der Waals surface area contributed by atoms with E-state index in [0.717, 1.165) is 11.3 Å². The molecule has 2 aromatic rings. The van der Waals surface area contributed by atoms with Crippen LogP contribution in [-0.4, -0.2) is 38.9 Å². The highest BCUT2D eigenvalue weighted by molar-refractivity contribution is 6.06. The summed E-state index contributed by atoms with van der Waals surface area (Å²) in [5.41, 5.74) is 2.15. The van der Waals surface area contributed by atoms with Crippen LogP contribution in [0.25, 0.3) is 0 Å². The van der Waals surface area contributed by atoms with Gasteiger partial charge in [0.05, 0.1) is 6.54 Å². The van der Waals surface area contributed by atoms with Crippen LogP contribution < -0.4 is 10.6 Å². The fraction of sp³-hybridized carbons (Fsp3) is 0.353. The summed E-state index contributed by atoms with van der Waals surface area (Å²) in [7, 11) is 0. The Morgan fingerprint density at radius 1 is 1.31 bits per heavy atom. The van der Waals surface area contributed by atoms with E-state index < -0.39 is 11.9 Å². The number of carbonyl (C=O) groups excluding carboxylic acids is 3. The minimum Gasteiger partial charge on any atom is -0.424 e. The van der Waals surface area contributed by atoms with Gasteiger partial charge in [-0.2, -0.15) is 0 Å². The van der Waals surface area contributed by atoms with Crippen molar-refractivity contribution < 1.29 is 18.8 Å². The van der Waals surface area contributed by atoms with Gasteiger partial charge in [-0.25, -0.2) is 0 Å². The summed E-state index contributed by atoms with van der Waals surface area (Å²) in [4.78, 5) is 37.7. The van der Waals surface area contributed by atoms with Crippen molar-refractivity contribution in [3.63, 3.8) is 0 Å². The molecule has 2 aliphatic rings. The van der Waals surface area contributed by atoms with Crippen LogP contribution in [0.3, 0.4) is 0 Å². The van der Waals surface area contributed by atoms with Crippen molar-refractivity contribution in [3.8, 4) is 0 Å². The van der Waals surface area contributed by atoms with Gasteiger partial charge in [-0.3, -0.25) is 19.7 Å². The van der Waals surface area contributed by atoms with Crippen molar-refractivity contribution in [1.82, 2.24) is 20.4 Å². The number of fused-ring (bicyclic) bond motifs is 1. The monoisotopic (exact) mass is 355 g/mol. The number of hydrogen-bond donors (Lipinski definition) is 2. The molecule has 0 radical (unpaired) electrons. The van der Waals surface area contributed by atoms with E-state index in [1.165, 1.54) is 4.90 Å². The lowest BCUT2D eigenvalue weighted by molar-refractivity contribution is -0.136. The van der Waals surface area contributed by atoms with Crippen molar-refractivity contribution in [3.05, 3.63) is 41.1 Å². The van der Waals surface area contributed by atoms with Crippen molar-refractivity contribution >= 4 is 23.4 Å². The summed E-state index contributed by atoms with van der Waals surface area (Å²) >= 11 is 0. The van der Waals surface area contributed by atoms with Crippen LogP contribution >= 0.6 is 0 Å². The van der Waals surface area contributed by atoms with Crippen LogP contribution in [0.4, 0.5) is 5.69 Å². The number of hydrogen-bond acceptors (Lipinski definition) is 7. The lowest BCUT2D eigenvalue weighted by Gasteiger charge is -2.29. The second kappa shape index (κ2) is 6.25. The Balaban J connectivity index is 1.54. The topological polar surface area (TPSA) is 117 Å². The predicted octanol–water partition coefficient (Wildman–Crippen LogP) is 0.751. The minimum atomic E-state index is -0.626. The maximum Gasteiger partial charge on any atom is 0.255 e. The van der Waals surface area contributed by atoms with Crippen LogP contribution in [0.2, 0.25) is 0 Å². The average molecular weight is 355 g/mol. The van der Waals surface area contributed by atoms with E-state index in [1.54, 1.807) is 19.1 Å². The number of imide groups is 1. The van der Waals surface area contributed by atoms with Crippen molar-refractivity contribution in [1.29, 1.82) is 0 Å². The number of aryl methyl sites for hydroxylation is 1. The Morgan fingerprint density at radius 2 is 2.15 bits per heavy atom. The predicted molar refractivity (Wildman–Crippen MR) is 88.8 cm³/mol. The number of carbonyl (C=O) groups is 3. The molecular weight excluding hydrogens is 338 g/mol. The molecule has 134 valence electrons. The molecule has 3 amide bonds. The Kier molecular flexibility index (Phi) is 3.90. The van der Waals surface area contributed by atoms with Gasteiger partial charge in [0.1, 0.15) is 6.04 Å². The standard InChI is InChI=1S/C17H17N5O4/c1-9-20-21-15(26-9)7-18-12-4-2-3-10-11(12)8-22(17(10)25)13-5-6-14(23)19-16(13)24/h2-4,13,18H,5-8H2,1H3,(H,19,23,24). The zero-order valence-electron chi connectivity index (χ0n) is 14.1. The first-order valence-electron chi connectivity index (χ1n) is 8.32. The molecule has 2 N–H and O–H groups in total. The van der Waals surface area contributed by atoms with E-state index in [4.69, 9.17) is 4.42 Å². The highest BCUT2D eigenvalue weighted by atomic mass is 16.4. The van der Waals surface area contributed by atoms with Gasteiger partial charge in [-0.15, -0.1) is 10.2 Å². The maximum atomic E-state index is 12.7. The zero-order valence-corrected chi connectivity index (χ0v) is 14.1. The minimum absolute atomic E-state index is 0.202.